The van der Waals surface area contributed by atoms with E-state index in [2.05, 4.69) is 6.92 Å². The van der Waals surface area contributed by atoms with Crippen LogP contribution in [-0.2, 0) is 0 Å². The van der Waals surface area contributed by atoms with Crippen LogP contribution < -0.4 is 14.1 Å². The van der Waals surface area contributed by atoms with Crippen molar-refractivity contribution in [2.24, 2.45) is 0 Å². The van der Waals surface area contributed by atoms with Crippen molar-refractivity contribution in [1.29, 1.82) is 0 Å². The second kappa shape index (κ2) is 32.9. The number of halogens is 3. The Morgan fingerprint density at radius 3 is 1.64 bits per heavy atom. The predicted molar refractivity (Wildman–Crippen MR) is 37.0 cm³/mol. The fourth-order valence-corrected chi connectivity index (χ4v) is 0.539. The van der Waals surface area contributed by atoms with Gasteiger partial charge in [-0.25, -0.2) is 0 Å². The summed E-state index contributed by atoms with van der Waals surface area (Å²) in [6.07, 6.45) is 4.68. The molecule has 0 unspecified atom stereocenters. The summed E-state index contributed by atoms with van der Waals surface area (Å²) in [4.78, 5) is 0. The van der Waals surface area contributed by atoms with Gasteiger partial charge in [-0.1, -0.05) is 26.2 Å². The normalized spacial score (nSPS) is 6.00. The van der Waals surface area contributed by atoms with E-state index in [-0.39, 0.29) is 22.5 Å². The van der Waals surface area contributed by atoms with Gasteiger partial charge in [-0.3, -0.25) is 0 Å². The first-order valence-corrected chi connectivity index (χ1v) is 3.02. The molecular weight excluding hydrogens is 156 g/mol. The molecule has 0 saturated carbocycles. The van der Waals surface area contributed by atoms with Crippen LogP contribution in [0.5, 0.6) is 0 Å². The van der Waals surface area contributed by atoms with Gasteiger partial charge in [-0.2, -0.15) is 0 Å². The van der Waals surface area contributed by atoms with Gasteiger partial charge in [0.2, 0.25) is 0 Å². The van der Waals surface area contributed by atoms with Gasteiger partial charge in [-0.05, 0) is 6.42 Å². The Morgan fingerprint density at radius 2 is 1.36 bits per heavy atom. The minimum Gasteiger partial charge on any atom is -1.00 e. The molecule has 0 radical (unpaired) electrons. The van der Waals surface area contributed by atoms with Crippen LogP contribution in [0.25, 0.3) is 0 Å². The Morgan fingerprint density at radius 1 is 0.909 bits per heavy atom. The van der Waals surface area contributed by atoms with Crippen molar-refractivity contribution in [3.05, 3.63) is 0 Å². The standard InChI is InChI=1S/C6H14O.B.3FH/c1-2-3-4-5-6-7;;;;/h7H,2-6H2,1H3;;3*1H/q;+3;;;/p-3. The molecule has 0 bridgehead atoms. The number of hydrogen-bond acceptors (Lipinski definition) is 1. The Hall–Kier alpha value is -0.185. The third kappa shape index (κ3) is 41.2. The molecule has 1 nitrogen and oxygen atoms in total. The molecule has 0 aromatic carbocycles. The van der Waals surface area contributed by atoms with E-state index in [0.29, 0.717) is 6.61 Å². The van der Waals surface area contributed by atoms with Gasteiger partial charge in [0, 0.05) is 6.61 Å². The maximum Gasteiger partial charge on any atom is 3.00 e. The molecule has 0 aliphatic carbocycles. The maximum atomic E-state index is 8.29. The van der Waals surface area contributed by atoms with E-state index in [9.17, 15) is 0 Å². The van der Waals surface area contributed by atoms with Gasteiger partial charge in [-0.15, -0.1) is 0 Å². The van der Waals surface area contributed by atoms with Crippen molar-refractivity contribution in [2.45, 2.75) is 32.6 Å². The molecule has 0 aromatic rings. The van der Waals surface area contributed by atoms with Gasteiger partial charge in [0.15, 0.2) is 0 Å². The zero-order valence-electron chi connectivity index (χ0n) is 6.69. The van der Waals surface area contributed by atoms with Crippen LogP contribution in [0.2, 0.25) is 0 Å². The van der Waals surface area contributed by atoms with Crippen LogP contribution in [0.3, 0.4) is 0 Å². The Bertz CT molecular complexity index is 37.0. The van der Waals surface area contributed by atoms with Crippen molar-refractivity contribution < 1.29 is 19.2 Å². The molecule has 0 saturated heterocycles. The van der Waals surface area contributed by atoms with Gasteiger partial charge in [0.05, 0.1) is 0 Å². The largest absolute Gasteiger partial charge is 3.00 e. The third-order valence-corrected chi connectivity index (χ3v) is 1.01. The van der Waals surface area contributed by atoms with Crippen molar-refractivity contribution in [2.75, 3.05) is 6.61 Å². The zero-order chi connectivity index (χ0) is 5.54. The van der Waals surface area contributed by atoms with Gasteiger partial charge in [0.25, 0.3) is 0 Å². The molecule has 68 valence electrons. The molecule has 0 atom stereocenters. The monoisotopic (exact) mass is 170 g/mol. The second-order valence-corrected chi connectivity index (χ2v) is 1.78. The summed E-state index contributed by atoms with van der Waals surface area (Å²) in [5, 5.41) is 8.29. The molecule has 0 rings (SSSR count). The Labute approximate surface area is 67.9 Å². The van der Waals surface area contributed by atoms with Gasteiger partial charge in [0.1, 0.15) is 0 Å². The first-order valence-electron chi connectivity index (χ1n) is 3.02. The minimum absolute atomic E-state index is 0. The fraction of sp³-hybridized carbons (Fsp3) is 1.00. The van der Waals surface area contributed by atoms with Crippen molar-refractivity contribution in [1.82, 2.24) is 0 Å². The molecule has 5 heteroatoms. The summed E-state index contributed by atoms with van der Waals surface area (Å²) in [6.45, 7) is 2.53. The molecule has 0 amide bonds. The van der Waals surface area contributed by atoms with Crippen molar-refractivity contribution in [3.63, 3.8) is 0 Å². The molecule has 0 heterocycles. The zero-order valence-corrected chi connectivity index (χ0v) is 6.69. The molecule has 0 aliphatic rings. The van der Waals surface area contributed by atoms with Crippen LogP contribution in [-0.4, -0.2) is 20.1 Å². The smallest absolute Gasteiger partial charge is 1.00 e. The van der Waals surface area contributed by atoms with E-state index in [1.807, 2.05) is 0 Å². The van der Waals surface area contributed by atoms with E-state index < -0.39 is 0 Å². The maximum absolute atomic E-state index is 8.29. The summed E-state index contributed by atoms with van der Waals surface area (Å²) in [7, 11) is 0. The second-order valence-electron chi connectivity index (χ2n) is 1.78. The van der Waals surface area contributed by atoms with E-state index in [4.69, 9.17) is 5.11 Å². The summed E-state index contributed by atoms with van der Waals surface area (Å²) in [5.74, 6) is 0. The van der Waals surface area contributed by atoms with Crippen LogP contribution in [0, 0.1) is 0 Å². The topological polar surface area (TPSA) is 20.2 Å². The predicted octanol–water partition coefficient (Wildman–Crippen LogP) is -7.81. The first-order chi connectivity index (χ1) is 3.41. The molecule has 0 spiro atoms. The molecule has 11 heavy (non-hydrogen) atoms. The first kappa shape index (κ1) is 30.8. The number of hydrogen-bond donors (Lipinski definition) is 1. The van der Waals surface area contributed by atoms with E-state index >= 15 is 0 Å². The van der Waals surface area contributed by atoms with Crippen LogP contribution in [0.15, 0.2) is 0 Å². The van der Waals surface area contributed by atoms with E-state index in [1.54, 1.807) is 0 Å². The van der Waals surface area contributed by atoms with Crippen LogP contribution in [0.4, 0.5) is 0 Å². The minimum atomic E-state index is 0. The number of rotatable bonds is 4. The number of aliphatic hydroxyl groups is 1. The average Bonchev–Trinajstić information content (AvgIpc) is 1.69. The van der Waals surface area contributed by atoms with Gasteiger partial charge >= 0.3 is 8.41 Å². The molecular formula is C6H14BF3O. The SMILES string of the molecule is CCCCCCO.[B+3].[F-].[F-].[F-]. The summed E-state index contributed by atoms with van der Waals surface area (Å²) < 4.78 is 0. The van der Waals surface area contributed by atoms with Crippen molar-refractivity contribution >= 4 is 8.41 Å². The Balaban J connectivity index is -0.0000000300. The number of unbranched alkanes of at least 4 members (excludes halogenated alkanes) is 3. The summed E-state index contributed by atoms with van der Waals surface area (Å²) in [6, 6.07) is 0. The molecule has 1 N–H and O–H groups in total. The summed E-state index contributed by atoms with van der Waals surface area (Å²) >= 11 is 0. The molecule has 0 aliphatic heterocycles. The fourth-order valence-electron chi connectivity index (χ4n) is 0.539. The van der Waals surface area contributed by atoms with Crippen LogP contribution >= 0.6 is 0 Å². The molecule has 0 aromatic heterocycles. The average molecular weight is 170 g/mol. The summed E-state index contributed by atoms with van der Waals surface area (Å²) in [5.41, 5.74) is 0. The Kier molecular flexibility index (Phi) is 92.1. The van der Waals surface area contributed by atoms with E-state index in [1.165, 1.54) is 19.3 Å². The number of aliphatic hydroxyl groups excluding tert-OH is 1. The molecule has 0 fully saturated rings. The van der Waals surface area contributed by atoms with Crippen LogP contribution in [0.1, 0.15) is 32.6 Å². The van der Waals surface area contributed by atoms with E-state index in [0.717, 1.165) is 6.42 Å². The third-order valence-electron chi connectivity index (χ3n) is 1.01. The quantitative estimate of drug-likeness (QED) is 0.328. The van der Waals surface area contributed by atoms with Gasteiger partial charge < -0.3 is 19.2 Å². The van der Waals surface area contributed by atoms with Crippen molar-refractivity contribution in [3.8, 4) is 0 Å².